The predicted molar refractivity (Wildman–Crippen MR) is 75.1 cm³/mol. The van der Waals surface area contributed by atoms with Gasteiger partial charge in [0.25, 0.3) is 0 Å². The minimum absolute atomic E-state index is 0.271. The summed E-state index contributed by atoms with van der Waals surface area (Å²) in [6, 6.07) is 12.1. The Kier molecular flexibility index (Phi) is 4.53. The molecular formula is C16H16F3NO. The van der Waals surface area contributed by atoms with Gasteiger partial charge in [-0.1, -0.05) is 24.3 Å². The zero-order valence-electron chi connectivity index (χ0n) is 11.5. The van der Waals surface area contributed by atoms with Crippen LogP contribution >= 0.6 is 0 Å². The van der Waals surface area contributed by atoms with Crippen LogP contribution in [0.2, 0.25) is 0 Å². The Hall–Kier alpha value is -2.01. The SMILES string of the molecule is COc1ccc(C(N)Cc2ccc(C(F)(F)F)cc2)cc1. The molecule has 0 spiro atoms. The van der Waals surface area contributed by atoms with Gasteiger partial charge in [-0.3, -0.25) is 0 Å². The second-order valence-corrected chi connectivity index (χ2v) is 4.78. The predicted octanol–water partition coefficient (Wildman–Crippen LogP) is 3.96. The van der Waals surface area contributed by atoms with Crippen molar-refractivity contribution in [2.24, 2.45) is 5.73 Å². The molecule has 2 aromatic carbocycles. The van der Waals surface area contributed by atoms with Gasteiger partial charge >= 0.3 is 6.18 Å². The molecule has 1 unspecified atom stereocenters. The number of nitrogens with two attached hydrogens (primary N) is 1. The van der Waals surface area contributed by atoms with Crippen molar-refractivity contribution >= 4 is 0 Å². The zero-order chi connectivity index (χ0) is 15.5. The molecule has 0 amide bonds. The number of halogens is 3. The van der Waals surface area contributed by atoms with Gasteiger partial charge in [0.05, 0.1) is 12.7 Å². The van der Waals surface area contributed by atoms with E-state index in [2.05, 4.69) is 0 Å². The fourth-order valence-corrected chi connectivity index (χ4v) is 2.05. The van der Waals surface area contributed by atoms with Gasteiger partial charge in [-0.05, 0) is 41.8 Å². The minimum Gasteiger partial charge on any atom is -0.497 e. The second-order valence-electron chi connectivity index (χ2n) is 4.78. The monoisotopic (exact) mass is 295 g/mol. The molecule has 5 heteroatoms. The molecule has 2 aromatic rings. The summed E-state index contributed by atoms with van der Waals surface area (Å²) in [4.78, 5) is 0. The van der Waals surface area contributed by atoms with Gasteiger partial charge in [-0.2, -0.15) is 13.2 Å². The summed E-state index contributed by atoms with van der Waals surface area (Å²) in [6.07, 6.45) is -3.83. The molecule has 0 aromatic heterocycles. The van der Waals surface area contributed by atoms with E-state index < -0.39 is 11.7 Å². The van der Waals surface area contributed by atoms with Crippen molar-refractivity contribution < 1.29 is 17.9 Å². The first-order valence-electron chi connectivity index (χ1n) is 6.46. The lowest BCUT2D eigenvalue weighted by Crippen LogP contribution is -2.13. The number of rotatable bonds is 4. The molecule has 0 saturated heterocycles. The molecular weight excluding hydrogens is 279 g/mol. The van der Waals surface area contributed by atoms with Crippen LogP contribution < -0.4 is 10.5 Å². The highest BCUT2D eigenvalue weighted by Crippen LogP contribution is 2.29. The lowest BCUT2D eigenvalue weighted by molar-refractivity contribution is -0.137. The molecule has 0 aliphatic rings. The van der Waals surface area contributed by atoms with Crippen molar-refractivity contribution in [1.29, 1.82) is 0 Å². The van der Waals surface area contributed by atoms with E-state index in [1.165, 1.54) is 12.1 Å². The smallest absolute Gasteiger partial charge is 0.416 e. The number of alkyl halides is 3. The van der Waals surface area contributed by atoms with Crippen LogP contribution in [0.3, 0.4) is 0 Å². The molecule has 2 nitrogen and oxygen atoms in total. The van der Waals surface area contributed by atoms with E-state index in [0.29, 0.717) is 6.42 Å². The fourth-order valence-electron chi connectivity index (χ4n) is 2.05. The fraction of sp³-hybridized carbons (Fsp3) is 0.250. The van der Waals surface area contributed by atoms with E-state index >= 15 is 0 Å². The van der Waals surface area contributed by atoms with Crippen molar-refractivity contribution in [2.45, 2.75) is 18.6 Å². The summed E-state index contributed by atoms with van der Waals surface area (Å²) < 4.78 is 42.5. The normalized spacial score (nSPS) is 13.0. The maximum absolute atomic E-state index is 12.5. The third-order valence-electron chi connectivity index (χ3n) is 3.28. The third kappa shape index (κ3) is 3.98. The molecule has 1 atom stereocenters. The average molecular weight is 295 g/mol. The lowest BCUT2D eigenvalue weighted by Gasteiger charge is -2.13. The molecule has 2 rings (SSSR count). The lowest BCUT2D eigenvalue weighted by atomic mass is 9.99. The van der Waals surface area contributed by atoms with Crippen LogP contribution in [0.25, 0.3) is 0 Å². The molecule has 0 aliphatic carbocycles. The first-order chi connectivity index (χ1) is 9.90. The number of benzene rings is 2. The zero-order valence-corrected chi connectivity index (χ0v) is 11.5. The number of methoxy groups -OCH3 is 1. The van der Waals surface area contributed by atoms with Crippen LogP contribution in [0.5, 0.6) is 5.75 Å². The first kappa shape index (κ1) is 15.4. The Morgan fingerprint density at radius 2 is 1.57 bits per heavy atom. The molecule has 0 heterocycles. The van der Waals surface area contributed by atoms with E-state index in [9.17, 15) is 13.2 Å². The maximum Gasteiger partial charge on any atom is 0.416 e. The van der Waals surface area contributed by atoms with Crippen molar-refractivity contribution in [2.75, 3.05) is 7.11 Å². The highest BCUT2D eigenvalue weighted by atomic mass is 19.4. The van der Waals surface area contributed by atoms with Crippen molar-refractivity contribution in [3.63, 3.8) is 0 Å². The summed E-state index contributed by atoms with van der Waals surface area (Å²) in [6.45, 7) is 0. The van der Waals surface area contributed by atoms with Crippen molar-refractivity contribution in [3.8, 4) is 5.75 Å². The summed E-state index contributed by atoms with van der Waals surface area (Å²) >= 11 is 0. The highest BCUT2D eigenvalue weighted by molar-refractivity contribution is 5.31. The molecule has 0 radical (unpaired) electrons. The molecule has 0 fully saturated rings. The molecule has 0 aliphatic heterocycles. The molecule has 2 N–H and O–H groups in total. The van der Waals surface area contributed by atoms with Gasteiger partial charge in [0.2, 0.25) is 0 Å². The largest absolute Gasteiger partial charge is 0.497 e. The molecule has 21 heavy (non-hydrogen) atoms. The van der Waals surface area contributed by atoms with Crippen LogP contribution in [0, 0.1) is 0 Å². The Morgan fingerprint density at radius 3 is 2.05 bits per heavy atom. The molecule has 0 bridgehead atoms. The Bertz CT molecular complexity index is 576. The quantitative estimate of drug-likeness (QED) is 0.926. The van der Waals surface area contributed by atoms with Crippen LogP contribution in [-0.2, 0) is 12.6 Å². The third-order valence-corrected chi connectivity index (χ3v) is 3.28. The second kappa shape index (κ2) is 6.18. The summed E-state index contributed by atoms with van der Waals surface area (Å²) in [5.74, 6) is 0.737. The van der Waals surface area contributed by atoms with Gasteiger partial charge in [0.15, 0.2) is 0 Å². The van der Waals surface area contributed by atoms with E-state index in [1.54, 1.807) is 7.11 Å². The highest BCUT2D eigenvalue weighted by Gasteiger charge is 2.29. The van der Waals surface area contributed by atoms with E-state index in [-0.39, 0.29) is 6.04 Å². The summed E-state index contributed by atoms with van der Waals surface area (Å²) in [5.41, 5.74) is 7.11. The Morgan fingerprint density at radius 1 is 1.00 bits per heavy atom. The first-order valence-corrected chi connectivity index (χ1v) is 6.46. The van der Waals surface area contributed by atoms with Gasteiger partial charge in [0.1, 0.15) is 5.75 Å². The average Bonchev–Trinajstić information content (AvgIpc) is 2.47. The number of ether oxygens (including phenoxy) is 1. The molecule has 112 valence electrons. The van der Waals surface area contributed by atoms with Crippen molar-refractivity contribution in [3.05, 3.63) is 65.2 Å². The van der Waals surface area contributed by atoms with Crippen LogP contribution in [-0.4, -0.2) is 7.11 Å². The number of hydrogen-bond donors (Lipinski definition) is 1. The van der Waals surface area contributed by atoms with Gasteiger partial charge < -0.3 is 10.5 Å². The Labute approximate surface area is 121 Å². The topological polar surface area (TPSA) is 35.2 Å². The van der Waals surface area contributed by atoms with Crippen LogP contribution in [0.1, 0.15) is 22.7 Å². The van der Waals surface area contributed by atoms with E-state index in [0.717, 1.165) is 29.0 Å². The van der Waals surface area contributed by atoms with Crippen molar-refractivity contribution in [1.82, 2.24) is 0 Å². The maximum atomic E-state index is 12.5. The minimum atomic E-state index is -4.31. The summed E-state index contributed by atoms with van der Waals surface area (Å²) in [7, 11) is 1.58. The van der Waals surface area contributed by atoms with E-state index in [1.807, 2.05) is 24.3 Å². The van der Waals surface area contributed by atoms with Gasteiger partial charge in [-0.25, -0.2) is 0 Å². The van der Waals surface area contributed by atoms with Gasteiger partial charge in [-0.15, -0.1) is 0 Å². The number of hydrogen-bond acceptors (Lipinski definition) is 2. The molecule has 0 saturated carbocycles. The van der Waals surface area contributed by atoms with Crippen LogP contribution in [0.15, 0.2) is 48.5 Å². The summed E-state index contributed by atoms with van der Waals surface area (Å²) in [5, 5.41) is 0. The van der Waals surface area contributed by atoms with E-state index in [4.69, 9.17) is 10.5 Å². The van der Waals surface area contributed by atoms with Crippen LogP contribution in [0.4, 0.5) is 13.2 Å². The standard InChI is InChI=1S/C16H16F3NO/c1-21-14-8-4-12(5-9-14)15(20)10-11-2-6-13(7-3-11)16(17,18)19/h2-9,15H,10,20H2,1H3. The van der Waals surface area contributed by atoms with Gasteiger partial charge in [0, 0.05) is 6.04 Å². The Balaban J connectivity index is 2.06.